The van der Waals surface area contributed by atoms with Crippen LogP contribution in [0.1, 0.15) is 31.6 Å². The van der Waals surface area contributed by atoms with E-state index in [1.54, 1.807) is 0 Å². The van der Waals surface area contributed by atoms with Crippen molar-refractivity contribution in [2.45, 2.75) is 39.3 Å². The van der Waals surface area contributed by atoms with Crippen LogP contribution in [0.4, 0.5) is 5.13 Å². The molecule has 0 radical (unpaired) electrons. The average molecular weight is 282 g/mol. The molecule has 1 fully saturated rings. The Morgan fingerprint density at radius 2 is 2.47 bits per heavy atom. The predicted octanol–water partition coefficient (Wildman–Crippen LogP) is 1.46. The fraction of sp³-hybridized carbons (Fsp3) is 0.692. The van der Waals surface area contributed by atoms with Gasteiger partial charge in [-0.25, -0.2) is 4.98 Å². The molecule has 2 heterocycles. The first kappa shape index (κ1) is 14.3. The number of hydrogen-bond acceptors (Lipinski definition) is 5. The molecule has 2 rings (SSSR count). The molecule has 1 atom stereocenters. The molecule has 106 valence electrons. The Kier molecular flexibility index (Phi) is 4.76. The van der Waals surface area contributed by atoms with E-state index in [0.29, 0.717) is 5.13 Å². The summed E-state index contributed by atoms with van der Waals surface area (Å²) in [5.41, 5.74) is 5.64. The van der Waals surface area contributed by atoms with Gasteiger partial charge in [0.15, 0.2) is 5.13 Å². The lowest BCUT2D eigenvalue weighted by atomic mass is 10.0. The standard InChI is InChI=1S/C13H22N4OS/c1-9(2)12(18)16-10-4-3-5-17(7-10)8-11-6-15-13(14)19-11/h6,9-10H,3-5,7-8H2,1-2H3,(H2,14,15)(H,16,18). The van der Waals surface area contributed by atoms with Crippen LogP contribution in [0.25, 0.3) is 0 Å². The second-order valence-electron chi connectivity index (χ2n) is 5.40. The van der Waals surface area contributed by atoms with Crippen LogP contribution in [0.2, 0.25) is 0 Å². The number of nitrogen functional groups attached to an aromatic ring is 1. The van der Waals surface area contributed by atoms with Gasteiger partial charge >= 0.3 is 0 Å². The van der Waals surface area contributed by atoms with Gasteiger partial charge in [-0.15, -0.1) is 11.3 Å². The molecule has 1 aliphatic heterocycles. The molecule has 1 saturated heterocycles. The maximum absolute atomic E-state index is 11.7. The lowest BCUT2D eigenvalue weighted by Gasteiger charge is -2.33. The first-order valence-electron chi connectivity index (χ1n) is 6.77. The number of carbonyl (C=O) groups is 1. The van der Waals surface area contributed by atoms with Crippen LogP contribution in [0.3, 0.4) is 0 Å². The number of nitrogens with two attached hydrogens (primary N) is 1. The lowest BCUT2D eigenvalue weighted by Crippen LogP contribution is -2.48. The van der Waals surface area contributed by atoms with E-state index >= 15 is 0 Å². The zero-order chi connectivity index (χ0) is 13.8. The van der Waals surface area contributed by atoms with Crippen LogP contribution >= 0.6 is 11.3 Å². The van der Waals surface area contributed by atoms with Gasteiger partial charge in [0.1, 0.15) is 0 Å². The maximum atomic E-state index is 11.7. The summed E-state index contributed by atoms with van der Waals surface area (Å²) in [4.78, 5) is 19.3. The third-order valence-electron chi connectivity index (χ3n) is 3.33. The van der Waals surface area contributed by atoms with Crippen LogP contribution in [-0.2, 0) is 11.3 Å². The summed E-state index contributed by atoms with van der Waals surface area (Å²) in [6, 6.07) is 0.272. The van der Waals surface area contributed by atoms with Crippen molar-refractivity contribution in [2.24, 2.45) is 5.92 Å². The molecular formula is C13H22N4OS. The number of anilines is 1. The van der Waals surface area contributed by atoms with Crippen LogP contribution < -0.4 is 11.1 Å². The number of carbonyl (C=O) groups excluding carboxylic acids is 1. The van der Waals surface area contributed by atoms with E-state index < -0.39 is 0 Å². The summed E-state index contributed by atoms with van der Waals surface area (Å²) in [5, 5.41) is 3.74. The smallest absolute Gasteiger partial charge is 0.222 e. The quantitative estimate of drug-likeness (QED) is 0.877. The Morgan fingerprint density at radius 3 is 3.11 bits per heavy atom. The van der Waals surface area contributed by atoms with Gasteiger partial charge in [-0.05, 0) is 19.4 Å². The SMILES string of the molecule is CC(C)C(=O)NC1CCCN(Cc2cnc(N)s2)C1. The fourth-order valence-corrected chi connectivity index (χ4v) is 3.03. The first-order valence-corrected chi connectivity index (χ1v) is 7.59. The zero-order valence-corrected chi connectivity index (χ0v) is 12.4. The van der Waals surface area contributed by atoms with Gasteiger partial charge in [-0.3, -0.25) is 9.69 Å². The Balaban J connectivity index is 1.85. The molecule has 1 aliphatic rings. The molecule has 5 nitrogen and oxygen atoms in total. The van der Waals surface area contributed by atoms with Gasteiger partial charge in [0.25, 0.3) is 0 Å². The summed E-state index contributed by atoms with van der Waals surface area (Å²) < 4.78 is 0. The summed E-state index contributed by atoms with van der Waals surface area (Å²) in [6.45, 7) is 6.72. The monoisotopic (exact) mass is 282 g/mol. The third-order valence-corrected chi connectivity index (χ3v) is 4.14. The van der Waals surface area contributed by atoms with Crippen LogP contribution in [0.15, 0.2) is 6.20 Å². The second kappa shape index (κ2) is 6.34. The molecule has 1 unspecified atom stereocenters. The van der Waals surface area contributed by atoms with Crippen molar-refractivity contribution in [1.29, 1.82) is 0 Å². The normalized spacial score (nSPS) is 20.7. The molecule has 0 bridgehead atoms. The molecule has 1 aromatic heterocycles. The third kappa shape index (κ3) is 4.18. The molecule has 0 saturated carbocycles. The van der Waals surface area contributed by atoms with Crippen molar-refractivity contribution in [3.63, 3.8) is 0 Å². The average Bonchev–Trinajstić information content (AvgIpc) is 2.75. The van der Waals surface area contributed by atoms with Crippen molar-refractivity contribution in [1.82, 2.24) is 15.2 Å². The summed E-state index contributed by atoms with van der Waals surface area (Å²) in [5.74, 6) is 0.200. The van der Waals surface area contributed by atoms with Gasteiger partial charge in [0.05, 0.1) is 0 Å². The Labute approximate surface area is 118 Å². The molecular weight excluding hydrogens is 260 g/mol. The number of hydrogen-bond donors (Lipinski definition) is 2. The topological polar surface area (TPSA) is 71.2 Å². The number of thiazole rings is 1. The Morgan fingerprint density at radius 1 is 1.68 bits per heavy atom. The predicted molar refractivity (Wildman–Crippen MR) is 77.8 cm³/mol. The highest BCUT2D eigenvalue weighted by Crippen LogP contribution is 2.19. The van der Waals surface area contributed by atoms with E-state index in [9.17, 15) is 4.79 Å². The lowest BCUT2D eigenvalue weighted by molar-refractivity contribution is -0.125. The maximum Gasteiger partial charge on any atom is 0.222 e. The highest BCUT2D eigenvalue weighted by Gasteiger charge is 2.22. The van der Waals surface area contributed by atoms with Crippen molar-refractivity contribution in [3.8, 4) is 0 Å². The van der Waals surface area contributed by atoms with Crippen molar-refractivity contribution in [3.05, 3.63) is 11.1 Å². The minimum absolute atomic E-state index is 0.0525. The number of aromatic nitrogens is 1. The van der Waals surface area contributed by atoms with Gasteiger partial charge < -0.3 is 11.1 Å². The molecule has 6 heteroatoms. The number of likely N-dealkylation sites (tertiary alicyclic amines) is 1. The molecule has 0 spiro atoms. The summed E-state index contributed by atoms with van der Waals surface area (Å²) in [6.07, 6.45) is 4.04. The van der Waals surface area contributed by atoms with Gasteiger partial charge in [0, 0.05) is 36.1 Å². The van der Waals surface area contributed by atoms with Crippen LogP contribution in [0.5, 0.6) is 0 Å². The van der Waals surface area contributed by atoms with E-state index in [1.165, 1.54) is 16.2 Å². The van der Waals surface area contributed by atoms with Gasteiger partial charge in [-0.2, -0.15) is 0 Å². The van der Waals surface area contributed by atoms with E-state index in [0.717, 1.165) is 32.5 Å². The van der Waals surface area contributed by atoms with Crippen molar-refractivity contribution >= 4 is 22.4 Å². The largest absolute Gasteiger partial charge is 0.375 e. The number of nitrogens with zero attached hydrogens (tertiary/aromatic N) is 2. The fourth-order valence-electron chi connectivity index (χ4n) is 2.30. The van der Waals surface area contributed by atoms with Crippen LogP contribution in [0, 0.1) is 5.92 Å². The minimum atomic E-state index is 0.0525. The van der Waals surface area contributed by atoms with E-state index in [2.05, 4.69) is 15.2 Å². The molecule has 0 aromatic carbocycles. The Hall–Kier alpha value is -1.14. The van der Waals surface area contributed by atoms with E-state index in [-0.39, 0.29) is 17.9 Å². The molecule has 1 aromatic rings. The summed E-state index contributed by atoms with van der Waals surface area (Å²) >= 11 is 1.54. The van der Waals surface area contributed by atoms with E-state index in [4.69, 9.17) is 5.73 Å². The molecule has 1 amide bonds. The number of nitrogens with one attached hydrogen (secondary N) is 1. The molecule has 19 heavy (non-hydrogen) atoms. The Bertz CT molecular complexity index is 432. The van der Waals surface area contributed by atoms with Crippen LogP contribution in [-0.4, -0.2) is 34.9 Å². The second-order valence-corrected chi connectivity index (χ2v) is 6.55. The minimum Gasteiger partial charge on any atom is -0.375 e. The zero-order valence-electron chi connectivity index (χ0n) is 11.6. The molecule has 0 aliphatic carbocycles. The highest BCUT2D eigenvalue weighted by atomic mass is 32.1. The number of rotatable bonds is 4. The number of piperidine rings is 1. The van der Waals surface area contributed by atoms with E-state index in [1.807, 2.05) is 20.0 Å². The highest BCUT2D eigenvalue weighted by molar-refractivity contribution is 7.15. The first-order chi connectivity index (χ1) is 9.04. The molecule has 3 N–H and O–H groups in total. The van der Waals surface area contributed by atoms with Gasteiger partial charge in [-0.1, -0.05) is 13.8 Å². The van der Waals surface area contributed by atoms with Gasteiger partial charge in [0.2, 0.25) is 5.91 Å². The van der Waals surface area contributed by atoms with Crippen molar-refractivity contribution < 1.29 is 4.79 Å². The summed E-state index contributed by atoms with van der Waals surface area (Å²) in [7, 11) is 0. The van der Waals surface area contributed by atoms with Crippen molar-refractivity contribution in [2.75, 3.05) is 18.8 Å². The number of amides is 1.